The summed E-state index contributed by atoms with van der Waals surface area (Å²) in [6, 6.07) is 4.58. The molecule has 1 aromatic carbocycles. The summed E-state index contributed by atoms with van der Waals surface area (Å²) in [4.78, 5) is 11.4. The van der Waals surface area contributed by atoms with Crippen molar-refractivity contribution in [3.05, 3.63) is 35.3 Å². The summed E-state index contributed by atoms with van der Waals surface area (Å²) in [7, 11) is 1.88. The number of hydrogen-bond donors (Lipinski definition) is 1. The van der Waals surface area contributed by atoms with Crippen molar-refractivity contribution in [3.8, 4) is 0 Å². The molecular weight excluding hydrogens is 233 g/mol. The molecule has 0 amide bonds. The van der Waals surface area contributed by atoms with Gasteiger partial charge in [0.1, 0.15) is 5.82 Å². The number of benzene rings is 1. The molecule has 18 heavy (non-hydrogen) atoms. The maximum atomic E-state index is 13.3. The number of carboxylic acid groups (broad SMARTS) is 1. The predicted octanol–water partition coefficient (Wildman–Crippen LogP) is 2.82. The largest absolute Gasteiger partial charge is 0.481 e. The van der Waals surface area contributed by atoms with E-state index in [2.05, 4.69) is 0 Å². The quantitative estimate of drug-likeness (QED) is 0.842. The molecule has 2 aromatic rings. The lowest BCUT2D eigenvalue weighted by molar-refractivity contribution is -0.139. The molecule has 0 aliphatic heterocycles. The van der Waals surface area contributed by atoms with Gasteiger partial charge in [-0.25, -0.2) is 4.39 Å². The molecule has 1 heterocycles. The van der Waals surface area contributed by atoms with Crippen LogP contribution in [0.2, 0.25) is 0 Å². The van der Waals surface area contributed by atoms with Crippen LogP contribution in [-0.4, -0.2) is 15.6 Å². The van der Waals surface area contributed by atoms with Crippen LogP contribution in [-0.2, 0) is 18.3 Å². The van der Waals surface area contributed by atoms with Gasteiger partial charge in [-0.1, -0.05) is 0 Å². The highest BCUT2D eigenvalue weighted by Crippen LogP contribution is 2.38. The lowest BCUT2D eigenvalue weighted by Crippen LogP contribution is -2.18. The highest BCUT2D eigenvalue weighted by molar-refractivity contribution is 5.91. The summed E-state index contributed by atoms with van der Waals surface area (Å²) in [5.74, 6) is -1.52. The van der Waals surface area contributed by atoms with Gasteiger partial charge < -0.3 is 9.67 Å². The van der Waals surface area contributed by atoms with Crippen molar-refractivity contribution >= 4 is 16.9 Å². The highest BCUT2D eigenvalue weighted by Gasteiger charge is 2.31. The Bertz CT molecular complexity index is 645. The molecule has 3 rings (SSSR count). The molecule has 4 heteroatoms. The molecule has 1 aliphatic carbocycles. The fourth-order valence-corrected chi connectivity index (χ4v) is 3.05. The van der Waals surface area contributed by atoms with Gasteiger partial charge in [-0.3, -0.25) is 4.79 Å². The van der Waals surface area contributed by atoms with Gasteiger partial charge >= 0.3 is 5.97 Å². The van der Waals surface area contributed by atoms with E-state index in [0.717, 1.165) is 35.0 Å². The van der Waals surface area contributed by atoms with E-state index in [4.69, 9.17) is 0 Å². The van der Waals surface area contributed by atoms with E-state index in [1.165, 1.54) is 12.1 Å². The van der Waals surface area contributed by atoms with E-state index in [0.29, 0.717) is 6.42 Å². The molecule has 94 valence electrons. The van der Waals surface area contributed by atoms with Gasteiger partial charge in [-0.2, -0.15) is 0 Å². The Balaban J connectivity index is 2.35. The summed E-state index contributed by atoms with van der Waals surface area (Å²) < 4.78 is 15.2. The minimum atomic E-state index is -0.784. The standard InChI is InChI=1S/C14H14FNO2/c1-16-11-4-2-3-10(14(17)18)13(11)9-6-5-8(15)7-12(9)16/h5-7,10H,2-4H2,1H3,(H,17,18). The number of rotatable bonds is 1. The van der Waals surface area contributed by atoms with Crippen molar-refractivity contribution < 1.29 is 14.3 Å². The first kappa shape index (κ1) is 11.3. The third kappa shape index (κ3) is 1.45. The van der Waals surface area contributed by atoms with E-state index in [1.807, 2.05) is 11.6 Å². The number of nitrogens with zero attached hydrogens (tertiary/aromatic N) is 1. The van der Waals surface area contributed by atoms with Crippen LogP contribution in [0.25, 0.3) is 10.9 Å². The summed E-state index contributed by atoms with van der Waals surface area (Å²) in [6.45, 7) is 0. The van der Waals surface area contributed by atoms with Gasteiger partial charge in [0.25, 0.3) is 0 Å². The summed E-state index contributed by atoms with van der Waals surface area (Å²) >= 11 is 0. The third-order valence-corrected chi connectivity index (χ3v) is 3.88. The molecule has 1 unspecified atom stereocenters. The number of hydrogen-bond acceptors (Lipinski definition) is 1. The number of fused-ring (bicyclic) bond motifs is 3. The lowest BCUT2D eigenvalue weighted by atomic mass is 9.85. The molecule has 1 N–H and O–H groups in total. The Kier molecular flexibility index (Phi) is 2.40. The van der Waals surface area contributed by atoms with Crippen LogP contribution in [0, 0.1) is 5.82 Å². The Labute approximate surface area is 104 Å². The lowest BCUT2D eigenvalue weighted by Gasteiger charge is -2.20. The van der Waals surface area contributed by atoms with E-state index in [1.54, 1.807) is 6.07 Å². The molecule has 1 aliphatic rings. The van der Waals surface area contributed by atoms with E-state index in [-0.39, 0.29) is 5.82 Å². The molecule has 0 saturated heterocycles. The zero-order valence-electron chi connectivity index (χ0n) is 10.1. The minimum absolute atomic E-state index is 0.285. The fraction of sp³-hybridized carbons (Fsp3) is 0.357. The molecule has 0 spiro atoms. The van der Waals surface area contributed by atoms with Crippen LogP contribution in [0.4, 0.5) is 4.39 Å². The van der Waals surface area contributed by atoms with Crippen molar-refractivity contribution in [1.29, 1.82) is 0 Å². The van der Waals surface area contributed by atoms with Gasteiger partial charge in [0.15, 0.2) is 0 Å². The predicted molar refractivity (Wildman–Crippen MR) is 66.2 cm³/mol. The Morgan fingerprint density at radius 3 is 3.00 bits per heavy atom. The third-order valence-electron chi connectivity index (χ3n) is 3.88. The fourth-order valence-electron chi connectivity index (χ4n) is 3.05. The summed E-state index contributed by atoms with van der Waals surface area (Å²) in [6.07, 6.45) is 2.40. The molecular formula is C14H14FNO2. The summed E-state index contributed by atoms with van der Waals surface area (Å²) in [5.41, 5.74) is 2.70. The number of aliphatic carboxylic acids is 1. The van der Waals surface area contributed by atoms with Gasteiger partial charge in [0.2, 0.25) is 0 Å². The Morgan fingerprint density at radius 1 is 1.50 bits per heavy atom. The average Bonchev–Trinajstić information content (AvgIpc) is 2.63. The van der Waals surface area contributed by atoms with Crippen molar-refractivity contribution in [2.45, 2.75) is 25.2 Å². The highest BCUT2D eigenvalue weighted by atomic mass is 19.1. The zero-order chi connectivity index (χ0) is 12.9. The number of halogens is 1. The Morgan fingerprint density at radius 2 is 2.28 bits per heavy atom. The molecule has 0 fully saturated rings. The van der Waals surface area contributed by atoms with E-state index >= 15 is 0 Å². The SMILES string of the molecule is Cn1c2c(c3ccc(F)cc31)C(C(=O)O)CCC2. The van der Waals surface area contributed by atoms with E-state index in [9.17, 15) is 14.3 Å². The van der Waals surface area contributed by atoms with Crippen LogP contribution in [0.3, 0.4) is 0 Å². The number of carbonyl (C=O) groups is 1. The van der Waals surface area contributed by atoms with Crippen molar-refractivity contribution in [1.82, 2.24) is 4.57 Å². The molecule has 1 atom stereocenters. The minimum Gasteiger partial charge on any atom is -0.481 e. The topological polar surface area (TPSA) is 42.2 Å². The zero-order valence-corrected chi connectivity index (χ0v) is 10.1. The average molecular weight is 247 g/mol. The first-order valence-corrected chi connectivity index (χ1v) is 6.09. The monoisotopic (exact) mass is 247 g/mol. The van der Waals surface area contributed by atoms with Crippen molar-refractivity contribution in [2.24, 2.45) is 7.05 Å². The second kappa shape index (κ2) is 3.83. The van der Waals surface area contributed by atoms with Crippen LogP contribution >= 0.6 is 0 Å². The van der Waals surface area contributed by atoms with Crippen LogP contribution in [0.5, 0.6) is 0 Å². The molecule has 3 nitrogen and oxygen atoms in total. The number of carboxylic acids is 1. The Hall–Kier alpha value is -1.84. The first-order valence-electron chi connectivity index (χ1n) is 6.09. The molecule has 0 bridgehead atoms. The van der Waals surface area contributed by atoms with Gasteiger partial charge in [0.05, 0.1) is 11.4 Å². The molecule has 0 saturated carbocycles. The van der Waals surface area contributed by atoms with Crippen LogP contribution < -0.4 is 0 Å². The van der Waals surface area contributed by atoms with Gasteiger partial charge in [0, 0.05) is 18.1 Å². The molecule has 0 radical (unpaired) electrons. The second-order valence-corrected chi connectivity index (χ2v) is 4.86. The normalized spacial score (nSPS) is 18.9. The van der Waals surface area contributed by atoms with Crippen molar-refractivity contribution in [3.63, 3.8) is 0 Å². The second-order valence-electron chi connectivity index (χ2n) is 4.86. The van der Waals surface area contributed by atoms with E-state index < -0.39 is 11.9 Å². The van der Waals surface area contributed by atoms with Crippen molar-refractivity contribution in [2.75, 3.05) is 0 Å². The number of aromatic nitrogens is 1. The molecule has 1 aromatic heterocycles. The van der Waals surface area contributed by atoms with Gasteiger partial charge in [-0.15, -0.1) is 0 Å². The van der Waals surface area contributed by atoms with Gasteiger partial charge in [-0.05, 0) is 43.0 Å². The first-order chi connectivity index (χ1) is 8.59. The smallest absolute Gasteiger partial charge is 0.311 e. The summed E-state index contributed by atoms with van der Waals surface area (Å²) in [5, 5.41) is 10.2. The maximum Gasteiger partial charge on any atom is 0.311 e. The maximum absolute atomic E-state index is 13.3. The van der Waals surface area contributed by atoms with Crippen LogP contribution in [0.15, 0.2) is 18.2 Å². The van der Waals surface area contributed by atoms with Crippen LogP contribution in [0.1, 0.15) is 30.0 Å². The number of aryl methyl sites for hydroxylation is 1.